The van der Waals surface area contributed by atoms with E-state index in [0.29, 0.717) is 11.8 Å². The third-order valence-electron chi connectivity index (χ3n) is 4.03. The van der Waals surface area contributed by atoms with Crippen molar-refractivity contribution < 1.29 is 4.74 Å². The molecule has 1 aromatic rings. The maximum absolute atomic E-state index is 6.03. The van der Waals surface area contributed by atoms with Crippen molar-refractivity contribution in [1.82, 2.24) is 5.32 Å². The van der Waals surface area contributed by atoms with Crippen molar-refractivity contribution in [2.24, 2.45) is 5.92 Å². The Hall–Kier alpha value is -0.860. The first-order valence-corrected chi connectivity index (χ1v) is 7.64. The van der Waals surface area contributed by atoms with E-state index in [2.05, 4.69) is 50.4 Å². The van der Waals surface area contributed by atoms with Crippen LogP contribution in [-0.4, -0.2) is 19.7 Å². The normalized spacial score (nSPS) is 23.8. The fourth-order valence-electron chi connectivity index (χ4n) is 2.82. The summed E-state index contributed by atoms with van der Waals surface area (Å²) >= 11 is 0. The summed E-state index contributed by atoms with van der Waals surface area (Å²) in [6, 6.07) is 9.01. The second-order valence-electron chi connectivity index (χ2n) is 5.82. The summed E-state index contributed by atoms with van der Waals surface area (Å²) in [5.74, 6) is 1.21. The lowest BCUT2D eigenvalue weighted by molar-refractivity contribution is -0.0276. The van der Waals surface area contributed by atoms with Crippen LogP contribution < -0.4 is 5.32 Å². The van der Waals surface area contributed by atoms with Gasteiger partial charge in [-0.25, -0.2) is 0 Å². The highest BCUT2D eigenvalue weighted by Gasteiger charge is 2.26. The fraction of sp³-hybridized carbons (Fsp3) is 0.647. The quantitative estimate of drug-likeness (QED) is 0.868. The molecule has 0 spiro atoms. The lowest BCUT2D eigenvalue weighted by Gasteiger charge is -2.32. The lowest BCUT2D eigenvalue weighted by atomic mass is 9.88. The SMILES string of the molecule is CCNCC1CCCOC1c1ccc(C(C)C)cc1. The molecule has 2 unspecified atom stereocenters. The van der Waals surface area contributed by atoms with E-state index in [0.717, 1.165) is 19.7 Å². The number of benzene rings is 1. The Morgan fingerprint density at radius 1 is 1.26 bits per heavy atom. The maximum atomic E-state index is 6.03. The van der Waals surface area contributed by atoms with Gasteiger partial charge in [0.1, 0.15) is 0 Å². The van der Waals surface area contributed by atoms with Crippen molar-refractivity contribution in [2.45, 2.75) is 45.6 Å². The molecular weight excluding hydrogens is 234 g/mol. The van der Waals surface area contributed by atoms with Crippen molar-refractivity contribution >= 4 is 0 Å². The highest BCUT2D eigenvalue weighted by Crippen LogP contribution is 2.33. The van der Waals surface area contributed by atoms with E-state index in [1.165, 1.54) is 24.0 Å². The van der Waals surface area contributed by atoms with E-state index in [1.807, 2.05) is 0 Å². The molecule has 1 N–H and O–H groups in total. The van der Waals surface area contributed by atoms with Gasteiger partial charge in [-0.1, -0.05) is 45.0 Å². The first-order chi connectivity index (χ1) is 9.22. The number of nitrogens with one attached hydrogen (secondary N) is 1. The molecule has 1 aromatic carbocycles. The van der Waals surface area contributed by atoms with Crippen LogP contribution >= 0.6 is 0 Å². The van der Waals surface area contributed by atoms with Crippen LogP contribution in [0, 0.1) is 5.92 Å². The maximum Gasteiger partial charge on any atom is 0.0865 e. The van der Waals surface area contributed by atoms with Gasteiger partial charge in [0.2, 0.25) is 0 Å². The molecule has 0 bridgehead atoms. The average Bonchev–Trinajstić information content (AvgIpc) is 2.45. The molecule has 1 fully saturated rings. The van der Waals surface area contributed by atoms with Crippen LogP contribution in [0.25, 0.3) is 0 Å². The molecule has 2 rings (SSSR count). The smallest absolute Gasteiger partial charge is 0.0865 e. The average molecular weight is 261 g/mol. The van der Waals surface area contributed by atoms with Crippen molar-refractivity contribution in [3.63, 3.8) is 0 Å². The van der Waals surface area contributed by atoms with E-state index < -0.39 is 0 Å². The van der Waals surface area contributed by atoms with Gasteiger partial charge in [-0.05, 0) is 36.4 Å². The Kier molecular flexibility index (Phi) is 5.41. The zero-order valence-corrected chi connectivity index (χ0v) is 12.5. The fourth-order valence-corrected chi connectivity index (χ4v) is 2.82. The Balaban J connectivity index is 2.08. The summed E-state index contributed by atoms with van der Waals surface area (Å²) in [7, 11) is 0. The van der Waals surface area contributed by atoms with Crippen molar-refractivity contribution in [3.8, 4) is 0 Å². The van der Waals surface area contributed by atoms with Gasteiger partial charge in [-0.3, -0.25) is 0 Å². The predicted molar refractivity (Wildman–Crippen MR) is 80.5 cm³/mol. The summed E-state index contributed by atoms with van der Waals surface area (Å²) in [5, 5.41) is 3.47. The van der Waals surface area contributed by atoms with Crippen molar-refractivity contribution in [1.29, 1.82) is 0 Å². The van der Waals surface area contributed by atoms with Gasteiger partial charge in [-0.2, -0.15) is 0 Å². The molecule has 19 heavy (non-hydrogen) atoms. The van der Waals surface area contributed by atoms with E-state index in [-0.39, 0.29) is 6.10 Å². The van der Waals surface area contributed by atoms with Gasteiger partial charge in [0.25, 0.3) is 0 Å². The van der Waals surface area contributed by atoms with Crippen LogP contribution in [0.1, 0.15) is 56.8 Å². The van der Waals surface area contributed by atoms with Crippen LogP contribution in [0.2, 0.25) is 0 Å². The molecule has 0 aliphatic carbocycles. The molecule has 1 aliphatic rings. The summed E-state index contributed by atoms with van der Waals surface area (Å²) in [5.41, 5.74) is 2.75. The van der Waals surface area contributed by atoms with Crippen LogP contribution in [0.3, 0.4) is 0 Å². The molecule has 2 heteroatoms. The van der Waals surface area contributed by atoms with Crippen LogP contribution in [0.4, 0.5) is 0 Å². The minimum atomic E-state index is 0.272. The Morgan fingerprint density at radius 2 is 2.00 bits per heavy atom. The third kappa shape index (κ3) is 3.80. The lowest BCUT2D eigenvalue weighted by Crippen LogP contribution is -2.31. The summed E-state index contributed by atoms with van der Waals surface area (Å²) in [4.78, 5) is 0. The van der Waals surface area contributed by atoms with Gasteiger partial charge >= 0.3 is 0 Å². The molecule has 0 radical (unpaired) electrons. The highest BCUT2D eigenvalue weighted by atomic mass is 16.5. The zero-order valence-electron chi connectivity index (χ0n) is 12.5. The third-order valence-corrected chi connectivity index (χ3v) is 4.03. The second-order valence-corrected chi connectivity index (χ2v) is 5.82. The molecule has 1 aliphatic heterocycles. The number of hydrogen-bond acceptors (Lipinski definition) is 2. The topological polar surface area (TPSA) is 21.3 Å². The number of rotatable bonds is 5. The Labute approximate surface area is 117 Å². The molecule has 2 nitrogen and oxygen atoms in total. The molecule has 1 heterocycles. The van der Waals surface area contributed by atoms with Crippen molar-refractivity contribution in [2.75, 3.05) is 19.7 Å². The molecule has 2 atom stereocenters. The Morgan fingerprint density at radius 3 is 2.63 bits per heavy atom. The first kappa shape index (κ1) is 14.5. The second kappa shape index (κ2) is 7.06. The van der Waals surface area contributed by atoms with Crippen LogP contribution in [0.5, 0.6) is 0 Å². The molecule has 0 aromatic heterocycles. The zero-order chi connectivity index (χ0) is 13.7. The molecular formula is C17H27NO. The minimum Gasteiger partial charge on any atom is -0.373 e. The van der Waals surface area contributed by atoms with Gasteiger partial charge in [-0.15, -0.1) is 0 Å². The molecule has 0 amide bonds. The molecule has 106 valence electrons. The highest BCUT2D eigenvalue weighted by molar-refractivity contribution is 5.26. The molecule has 0 saturated carbocycles. The van der Waals surface area contributed by atoms with E-state index in [1.54, 1.807) is 0 Å². The van der Waals surface area contributed by atoms with Crippen molar-refractivity contribution in [3.05, 3.63) is 35.4 Å². The minimum absolute atomic E-state index is 0.272. The first-order valence-electron chi connectivity index (χ1n) is 7.64. The van der Waals surface area contributed by atoms with Crippen LogP contribution in [0.15, 0.2) is 24.3 Å². The summed E-state index contributed by atoms with van der Waals surface area (Å²) in [6.45, 7) is 9.64. The predicted octanol–water partition coefficient (Wildman–Crippen LogP) is 3.89. The molecule has 1 saturated heterocycles. The summed E-state index contributed by atoms with van der Waals surface area (Å²) in [6.07, 6.45) is 2.73. The summed E-state index contributed by atoms with van der Waals surface area (Å²) < 4.78 is 6.03. The Bertz CT molecular complexity index is 371. The van der Waals surface area contributed by atoms with E-state index >= 15 is 0 Å². The number of hydrogen-bond donors (Lipinski definition) is 1. The van der Waals surface area contributed by atoms with Gasteiger partial charge < -0.3 is 10.1 Å². The van der Waals surface area contributed by atoms with Gasteiger partial charge in [0, 0.05) is 19.1 Å². The monoisotopic (exact) mass is 261 g/mol. The van der Waals surface area contributed by atoms with E-state index in [9.17, 15) is 0 Å². The number of ether oxygens (including phenoxy) is 1. The van der Waals surface area contributed by atoms with Gasteiger partial charge in [0.05, 0.1) is 6.10 Å². The standard InChI is InChI=1S/C17H27NO/c1-4-18-12-16-6-5-11-19-17(16)15-9-7-14(8-10-15)13(2)3/h7-10,13,16-18H,4-6,11-12H2,1-3H3. The van der Waals surface area contributed by atoms with Gasteiger partial charge in [0.15, 0.2) is 0 Å². The largest absolute Gasteiger partial charge is 0.373 e. The van der Waals surface area contributed by atoms with E-state index in [4.69, 9.17) is 4.74 Å². The van der Waals surface area contributed by atoms with Crippen LogP contribution in [-0.2, 0) is 4.74 Å².